The Hall–Kier alpha value is -7.16. The van der Waals surface area contributed by atoms with Crippen molar-refractivity contribution in [2.24, 2.45) is 5.92 Å². The van der Waals surface area contributed by atoms with Gasteiger partial charge in [0, 0.05) is 44.9 Å². The van der Waals surface area contributed by atoms with Crippen molar-refractivity contribution in [2.45, 2.75) is 31.6 Å². The fourth-order valence-corrected chi connectivity index (χ4v) is 9.43. The highest BCUT2D eigenvalue weighted by Crippen LogP contribution is 2.47. The third-order valence-electron chi connectivity index (χ3n) is 12.6. The molecule has 288 valence electrons. The Morgan fingerprint density at radius 1 is 0.483 bits per heavy atom. The highest BCUT2D eigenvalue weighted by Gasteiger charge is 2.25. The molecule has 0 radical (unpaired) electrons. The molecule has 0 saturated heterocycles. The van der Waals surface area contributed by atoms with Crippen LogP contribution < -0.4 is 4.90 Å². The van der Waals surface area contributed by atoms with Crippen molar-refractivity contribution < 1.29 is 4.42 Å². The van der Waals surface area contributed by atoms with E-state index in [4.69, 9.17) is 4.42 Å². The summed E-state index contributed by atoms with van der Waals surface area (Å²) >= 11 is 0. The molecule has 0 saturated carbocycles. The van der Waals surface area contributed by atoms with Crippen LogP contribution in [0.5, 0.6) is 0 Å². The highest BCUT2D eigenvalue weighted by atomic mass is 16.3. The van der Waals surface area contributed by atoms with E-state index in [0.29, 0.717) is 11.8 Å². The molecule has 0 amide bonds. The molecule has 8 aromatic rings. The second kappa shape index (κ2) is 15.5. The van der Waals surface area contributed by atoms with Gasteiger partial charge in [0.2, 0.25) is 0 Å². The molecule has 0 bridgehead atoms. The van der Waals surface area contributed by atoms with Crippen LogP contribution in [0, 0.1) is 5.92 Å². The van der Waals surface area contributed by atoms with Gasteiger partial charge >= 0.3 is 0 Å². The summed E-state index contributed by atoms with van der Waals surface area (Å²) in [6.07, 6.45) is 27.4. The summed E-state index contributed by atoms with van der Waals surface area (Å²) in [6.45, 7) is 0. The van der Waals surface area contributed by atoms with E-state index in [1.807, 2.05) is 0 Å². The fraction of sp³-hybridized carbons (Fsp3) is 0.103. The first-order valence-corrected chi connectivity index (χ1v) is 21.4. The highest BCUT2D eigenvalue weighted by molar-refractivity contribution is 6.20. The number of benzene rings is 7. The van der Waals surface area contributed by atoms with Gasteiger partial charge in [0.05, 0.1) is 5.69 Å². The summed E-state index contributed by atoms with van der Waals surface area (Å²) < 4.78 is 6.99. The van der Waals surface area contributed by atoms with E-state index in [-0.39, 0.29) is 0 Å². The first kappa shape index (κ1) is 36.0. The van der Waals surface area contributed by atoms with Crippen molar-refractivity contribution in [1.29, 1.82) is 0 Å². The average Bonchev–Trinajstić information content (AvgIpc) is 3.70. The molecule has 1 aromatic heterocycles. The molecule has 0 N–H and O–H groups in total. The van der Waals surface area contributed by atoms with Gasteiger partial charge in [0.1, 0.15) is 11.2 Å². The molecular formula is C58H45NO. The topological polar surface area (TPSA) is 16.4 Å². The van der Waals surface area contributed by atoms with Crippen LogP contribution in [0.25, 0.3) is 66.1 Å². The molecule has 2 unspecified atom stereocenters. The molecule has 0 spiro atoms. The number of nitrogens with zero attached hydrogens (tertiary/aromatic N) is 1. The van der Waals surface area contributed by atoms with Crippen LogP contribution in [0.4, 0.5) is 11.4 Å². The Bertz CT molecular complexity index is 3060. The number of rotatable bonds is 8. The van der Waals surface area contributed by atoms with Crippen LogP contribution in [0.1, 0.15) is 37.2 Å². The zero-order chi connectivity index (χ0) is 39.8. The molecule has 2 heteroatoms. The summed E-state index contributed by atoms with van der Waals surface area (Å²) in [5.41, 5.74) is 15.0. The quantitative estimate of drug-likeness (QED) is 0.153. The lowest BCUT2D eigenvalue weighted by Crippen LogP contribution is -2.19. The number of hydrogen-bond acceptors (Lipinski definition) is 2. The standard InChI is InChI=1S/C58H45NO/c1-5-15-40(16-6-1)43-25-27-47(28-26-43)53-39-57-54(55-37-52(46-21-11-4-12-22-46)50-23-13-14-24-51(50)58(55)60-57)38-56(53)59(48-33-29-44(30-34-48)41-17-7-2-8-18-41)49-35-31-45(32-36-49)42-19-9-3-10-20-42/h1-2,4-9,11-17,19-31,33-39,41,45H,3,10,18,32H2. The smallest absolute Gasteiger partial charge is 0.143 e. The van der Waals surface area contributed by atoms with E-state index in [2.05, 4.69) is 217 Å². The van der Waals surface area contributed by atoms with E-state index in [1.54, 1.807) is 0 Å². The van der Waals surface area contributed by atoms with Crippen molar-refractivity contribution in [3.63, 3.8) is 0 Å². The van der Waals surface area contributed by atoms with Gasteiger partial charge in [-0.25, -0.2) is 0 Å². The first-order valence-electron chi connectivity index (χ1n) is 21.4. The fourth-order valence-electron chi connectivity index (χ4n) is 9.43. The van der Waals surface area contributed by atoms with Crippen LogP contribution in [0.15, 0.2) is 228 Å². The van der Waals surface area contributed by atoms with Gasteiger partial charge in [-0.2, -0.15) is 0 Å². The zero-order valence-corrected chi connectivity index (χ0v) is 33.5. The van der Waals surface area contributed by atoms with Crippen LogP contribution in [-0.4, -0.2) is 0 Å². The van der Waals surface area contributed by atoms with Gasteiger partial charge in [-0.1, -0.05) is 176 Å². The summed E-state index contributed by atoms with van der Waals surface area (Å²) in [5, 5.41) is 4.53. The Labute approximate surface area is 352 Å². The Morgan fingerprint density at radius 2 is 1.20 bits per heavy atom. The summed E-state index contributed by atoms with van der Waals surface area (Å²) in [7, 11) is 0. The van der Waals surface area contributed by atoms with Crippen LogP contribution in [0.3, 0.4) is 0 Å². The maximum absolute atomic E-state index is 6.99. The zero-order valence-electron chi connectivity index (χ0n) is 33.5. The largest absolute Gasteiger partial charge is 0.455 e. The molecule has 2 nitrogen and oxygen atoms in total. The lowest BCUT2D eigenvalue weighted by molar-refractivity contribution is 0.673. The number of hydrogen-bond donors (Lipinski definition) is 0. The molecule has 1 heterocycles. The number of allylic oxidation sites excluding steroid dienone is 11. The van der Waals surface area contributed by atoms with Crippen molar-refractivity contribution >= 4 is 44.1 Å². The van der Waals surface area contributed by atoms with E-state index < -0.39 is 0 Å². The van der Waals surface area contributed by atoms with Gasteiger partial charge < -0.3 is 9.32 Å². The second-order valence-corrected chi connectivity index (χ2v) is 16.2. The average molecular weight is 772 g/mol. The SMILES string of the molecule is C1=CCC(c2ccc(N(C3=CCC(C4=CCCC=C4)C=C3)c3cc4c(cc3-c3ccc(-c5ccccc5)cc3)oc3c5ccccc5c(-c5ccccc5)cc43)cc2)C=C1. The van der Waals surface area contributed by atoms with Gasteiger partial charge in [-0.05, 0) is 106 Å². The number of furan rings is 1. The Kier molecular flexibility index (Phi) is 9.32. The molecule has 11 rings (SSSR count). The van der Waals surface area contributed by atoms with Crippen LogP contribution in [0.2, 0.25) is 0 Å². The third kappa shape index (κ3) is 6.65. The van der Waals surface area contributed by atoms with Crippen LogP contribution >= 0.6 is 0 Å². The van der Waals surface area contributed by atoms with Crippen molar-refractivity contribution in [3.8, 4) is 33.4 Å². The molecule has 60 heavy (non-hydrogen) atoms. The number of anilines is 2. The molecule has 3 aliphatic carbocycles. The van der Waals surface area contributed by atoms with Crippen molar-refractivity contribution in [2.75, 3.05) is 4.90 Å². The molecule has 0 fully saturated rings. The van der Waals surface area contributed by atoms with Gasteiger partial charge in [0.25, 0.3) is 0 Å². The first-order chi connectivity index (χ1) is 29.7. The molecule has 0 aliphatic heterocycles. The molecule has 3 aliphatic rings. The number of fused-ring (bicyclic) bond motifs is 5. The monoisotopic (exact) mass is 771 g/mol. The van der Waals surface area contributed by atoms with Crippen LogP contribution in [-0.2, 0) is 0 Å². The van der Waals surface area contributed by atoms with Crippen molar-refractivity contribution in [1.82, 2.24) is 0 Å². The maximum Gasteiger partial charge on any atom is 0.143 e. The second-order valence-electron chi connectivity index (χ2n) is 16.2. The lowest BCUT2D eigenvalue weighted by Gasteiger charge is -2.31. The summed E-state index contributed by atoms with van der Waals surface area (Å²) in [5.74, 6) is 0.750. The molecular weight excluding hydrogens is 727 g/mol. The Morgan fingerprint density at radius 3 is 1.92 bits per heavy atom. The van der Waals surface area contributed by atoms with Crippen molar-refractivity contribution in [3.05, 3.63) is 229 Å². The minimum atomic E-state index is 0.371. The third-order valence-corrected chi connectivity index (χ3v) is 12.6. The predicted molar refractivity (Wildman–Crippen MR) is 254 cm³/mol. The Balaban J connectivity index is 1.14. The lowest BCUT2D eigenvalue weighted by atomic mass is 9.88. The maximum atomic E-state index is 6.99. The molecule has 7 aromatic carbocycles. The van der Waals surface area contributed by atoms with E-state index in [1.165, 1.54) is 44.5 Å². The van der Waals surface area contributed by atoms with E-state index in [0.717, 1.165) is 75.5 Å². The summed E-state index contributed by atoms with van der Waals surface area (Å²) in [6, 6.07) is 55.4. The molecule has 2 atom stereocenters. The minimum absolute atomic E-state index is 0.371. The predicted octanol–water partition coefficient (Wildman–Crippen LogP) is 16.2. The van der Waals surface area contributed by atoms with Gasteiger partial charge in [-0.15, -0.1) is 0 Å². The van der Waals surface area contributed by atoms with E-state index in [9.17, 15) is 0 Å². The van der Waals surface area contributed by atoms with Gasteiger partial charge in [-0.3, -0.25) is 0 Å². The normalized spacial score (nSPS) is 17.3. The van der Waals surface area contributed by atoms with E-state index >= 15 is 0 Å². The minimum Gasteiger partial charge on any atom is -0.455 e. The summed E-state index contributed by atoms with van der Waals surface area (Å²) in [4.78, 5) is 2.48. The van der Waals surface area contributed by atoms with Gasteiger partial charge in [0.15, 0.2) is 0 Å².